The lowest BCUT2D eigenvalue weighted by atomic mass is 10.3. The van der Waals surface area contributed by atoms with Crippen LogP contribution in [-0.4, -0.2) is 11.3 Å². The van der Waals surface area contributed by atoms with Crippen LogP contribution in [0.1, 0.15) is 6.92 Å². The van der Waals surface area contributed by atoms with Crippen molar-refractivity contribution in [3.05, 3.63) is 44.3 Å². The second kappa shape index (κ2) is 3.86. The van der Waals surface area contributed by atoms with Gasteiger partial charge < -0.3 is 4.84 Å². The van der Waals surface area contributed by atoms with Gasteiger partial charge in [-0.05, 0) is 19.1 Å². The first kappa shape index (κ1) is 9.92. The molecule has 0 amide bonds. The van der Waals surface area contributed by atoms with E-state index in [0.29, 0.717) is 16.7 Å². The molecule has 5 heteroatoms. The molecule has 0 spiro atoms. The summed E-state index contributed by atoms with van der Waals surface area (Å²) < 4.78 is 1.50. The summed E-state index contributed by atoms with van der Waals surface area (Å²) in [4.78, 5) is 27.9. The quantitative estimate of drug-likeness (QED) is 0.759. The lowest BCUT2D eigenvalue weighted by molar-refractivity contribution is 0.110. The summed E-state index contributed by atoms with van der Waals surface area (Å²) in [7, 11) is 0. The van der Waals surface area contributed by atoms with Crippen LogP contribution in [0.4, 0.5) is 0 Å². The van der Waals surface area contributed by atoms with E-state index in [1.165, 1.54) is 0 Å². The van der Waals surface area contributed by atoms with E-state index in [4.69, 9.17) is 4.84 Å². The van der Waals surface area contributed by atoms with Crippen molar-refractivity contribution in [2.45, 2.75) is 6.92 Å². The summed E-state index contributed by atoms with van der Waals surface area (Å²) >= 11 is 1.00. The summed E-state index contributed by atoms with van der Waals surface area (Å²) in [6, 6.07) is 6.99. The van der Waals surface area contributed by atoms with Crippen molar-refractivity contribution in [3.63, 3.8) is 0 Å². The van der Waals surface area contributed by atoms with Gasteiger partial charge in [-0.25, -0.2) is 0 Å². The van der Waals surface area contributed by atoms with Crippen molar-refractivity contribution in [3.8, 4) is 0 Å². The molecule has 0 unspecified atom stereocenters. The summed E-state index contributed by atoms with van der Waals surface area (Å²) in [6.07, 6.45) is 0. The molecule has 0 radical (unpaired) electrons. The standard InChI is InChI=1S/C10H9NO3S/c1-2-14-11-9(12)7-5-3-4-6-8(7)15-10(11)13/h3-6H,2H2,1H3. The topological polar surface area (TPSA) is 48.3 Å². The van der Waals surface area contributed by atoms with Crippen LogP contribution in [0.3, 0.4) is 0 Å². The van der Waals surface area contributed by atoms with Crippen LogP contribution < -0.4 is 15.3 Å². The van der Waals surface area contributed by atoms with Crippen molar-refractivity contribution in [2.75, 3.05) is 6.61 Å². The molecule has 0 N–H and O–H groups in total. The van der Waals surface area contributed by atoms with E-state index >= 15 is 0 Å². The predicted molar refractivity (Wildman–Crippen MR) is 59.5 cm³/mol. The van der Waals surface area contributed by atoms with Crippen molar-refractivity contribution >= 4 is 21.4 Å². The van der Waals surface area contributed by atoms with Gasteiger partial charge in [-0.3, -0.25) is 9.59 Å². The highest BCUT2D eigenvalue weighted by atomic mass is 32.1. The Morgan fingerprint density at radius 1 is 1.33 bits per heavy atom. The zero-order valence-electron chi connectivity index (χ0n) is 8.10. The Kier molecular flexibility index (Phi) is 2.55. The molecule has 0 saturated carbocycles. The lowest BCUT2D eigenvalue weighted by Crippen LogP contribution is -2.36. The van der Waals surface area contributed by atoms with Gasteiger partial charge in [0.25, 0.3) is 5.56 Å². The fourth-order valence-electron chi connectivity index (χ4n) is 1.30. The summed E-state index contributed by atoms with van der Waals surface area (Å²) in [5.41, 5.74) is -0.392. The van der Waals surface area contributed by atoms with E-state index < -0.39 is 5.56 Å². The molecule has 2 rings (SSSR count). The molecule has 1 aromatic carbocycles. The average molecular weight is 223 g/mol. The van der Waals surface area contributed by atoms with Gasteiger partial charge in [0.1, 0.15) is 6.61 Å². The van der Waals surface area contributed by atoms with Crippen LogP contribution in [-0.2, 0) is 0 Å². The normalized spacial score (nSPS) is 10.5. The Morgan fingerprint density at radius 2 is 2.07 bits per heavy atom. The molecule has 0 bridgehead atoms. The molecule has 15 heavy (non-hydrogen) atoms. The monoisotopic (exact) mass is 223 g/mol. The van der Waals surface area contributed by atoms with E-state index in [0.717, 1.165) is 16.1 Å². The first-order chi connectivity index (χ1) is 7.24. The molecular formula is C10H9NO3S. The van der Waals surface area contributed by atoms with Crippen LogP contribution in [0.25, 0.3) is 10.1 Å². The Hall–Kier alpha value is -1.62. The van der Waals surface area contributed by atoms with Crippen LogP contribution in [0.2, 0.25) is 0 Å². The molecule has 0 fully saturated rings. The number of rotatable bonds is 2. The lowest BCUT2D eigenvalue weighted by Gasteiger charge is -2.04. The van der Waals surface area contributed by atoms with Crippen LogP contribution in [0, 0.1) is 0 Å². The van der Waals surface area contributed by atoms with Crippen molar-refractivity contribution in [1.29, 1.82) is 0 Å². The number of benzene rings is 1. The molecule has 4 nitrogen and oxygen atoms in total. The molecule has 0 aliphatic rings. The zero-order valence-corrected chi connectivity index (χ0v) is 8.91. The van der Waals surface area contributed by atoms with Crippen LogP contribution >= 0.6 is 11.3 Å². The molecular weight excluding hydrogens is 214 g/mol. The second-order valence-corrected chi connectivity index (χ2v) is 3.87. The molecule has 0 saturated heterocycles. The number of aromatic nitrogens is 1. The Labute approximate surface area is 89.3 Å². The maximum absolute atomic E-state index is 11.8. The third-order valence-electron chi connectivity index (χ3n) is 1.92. The minimum Gasteiger partial charge on any atom is -0.407 e. The average Bonchev–Trinajstić information content (AvgIpc) is 2.24. The highest BCUT2D eigenvalue weighted by Crippen LogP contribution is 2.10. The maximum Gasteiger partial charge on any atom is 0.343 e. The highest BCUT2D eigenvalue weighted by molar-refractivity contribution is 7.16. The first-order valence-corrected chi connectivity index (χ1v) is 5.34. The van der Waals surface area contributed by atoms with E-state index in [1.54, 1.807) is 31.2 Å². The van der Waals surface area contributed by atoms with Gasteiger partial charge in [0.2, 0.25) is 0 Å². The fraction of sp³-hybridized carbons (Fsp3) is 0.200. The van der Waals surface area contributed by atoms with E-state index in [9.17, 15) is 9.59 Å². The van der Waals surface area contributed by atoms with Gasteiger partial charge in [-0.2, -0.15) is 0 Å². The third kappa shape index (κ3) is 1.66. The van der Waals surface area contributed by atoms with Gasteiger partial charge in [0.15, 0.2) is 0 Å². The second-order valence-electron chi connectivity index (χ2n) is 2.88. The number of fused-ring (bicyclic) bond motifs is 1. The smallest absolute Gasteiger partial charge is 0.343 e. The van der Waals surface area contributed by atoms with Crippen molar-refractivity contribution < 1.29 is 4.84 Å². The minimum atomic E-state index is -0.392. The number of hydrogen-bond donors (Lipinski definition) is 0. The minimum absolute atomic E-state index is 0.292. The molecule has 0 atom stereocenters. The Bertz CT molecular complexity index is 599. The van der Waals surface area contributed by atoms with Crippen molar-refractivity contribution in [1.82, 2.24) is 4.73 Å². The maximum atomic E-state index is 11.8. The fourth-order valence-corrected chi connectivity index (χ4v) is 2.12. The molecule has 0 aliphatic carbocycles. The molecule has 0 aliphatic heterocycles. The van der Waals surface area contributed by atoms with Crippen molar-refractivity contribution in [2.24, 2.45) is 0 Å². The first-order valence-electron chi connectivity index (χ1n) is 4.52. The molecule has 1 aromatic heterocycles. The van der Waals surface area contributed by atoms with E-state index in [1.807, 2.05) is 0 Å². The molecule has 2 aromatic rings. The third-order valence-corrected chi connectivity index (χ3v) is 2.84. The number of hydrogen-bond acceptors (Lipinski definition) is 4. The van der Waals surface area contributed by atoms with E-state index in [-0.39, 0.29) is 4.87 Å². The Balaban J connectivity index is 2.85. The van der Waals surface area contributed by atoms with Gasteiger partial charge in [-0.1, -0.05) is 28.2 Å². The zero-order chi connectivity index (χ0) is 10.8. The molecule has 1 heterocycles. The van der Waals surface area contributed by atoms with Gasteiger partial charge in [0, 0.05) is 4.70 Å². The SMILES string of the molecule is CCOn1c(=O)sc2ccccc2c1=O. The van der Waals surface area contributed by atoms with Crippen LogP contribution in [0.5, 0.6) is 0 Å². The number of nitrogens with zero attached hydrogens (tertiary/aromatic N) is 1. The summed E-state index contributed by atoms with van der Waals surface area (Å²) in [5.74, 6) is 0. The van der Waals surface area contributed by atoms with Gasteiger partial charge in [-0.15, -0.1) is 0 Å². The molecule has 78 valence electrons. The largest absolute Gasteiger partial charge is 0.407 e. The Morgan fingerprint density at radius 3 is 2.80 bits per heavy atom. The van der Waals surface area contributed by atoms with Gasteiger partial charge in [0.05, 0.1) is 5.39 Å². The van der Waals surface area contributed by atoms with Crippen LogP contribution in [0.15, 0.2) is 33.9 Å². The van der Waals surface area contributed by atoms with Gasteiger partial charge >= 0.3 is 4.87 Å². The van der Waals surface area contributed by atoms with E-state index in [2.05, 4.69) is 0 Å². The summed E-state index contributed by atoms with van der Waals surface area (Å²) in [5, 5.41) is 0.510. The predicted octanol–water partition coefficient (Wildman–Crippen LogP) is 0.872. The summed E-state index contributed by atoms with van der Waals surface area (Å²) in [6.45, 7) is 2.02. The highest BCUT2D eigenvalue weighted by Gasteiger charge is 2.07.